The van der Waals surface area contributed by atoms with E-state index in [1.165, 1.54) is 0 Å². The van der Waals surface area contributed by atoms with Gasteiger partial charge < -0.3 is 26.4 Å². The van der Waals surface area contributed by atoms with Crippen LogP contribution in [0.15, 0.2) is 64.4 Å². The lowest BCUT2D eigenvalue weighted by atomic mass is 9.90. The Morgan fingerprint density at radius 1 is 1.29 bits per heavy atom. The number of rotatable bonds is 8. The van der Waals surface area contributed by atoms with Gasteiger partial charge in [0.05, 0.1) is 24.0 Å². The van der Waals surface area contributed by atoms with E-state index in [4.69, 9.17) is 27.8 Å². The summed E-state index contributed by atoms with van der Waals surface area (Å²) in [4.78, 5) is 6.77. The van der Waals surface area contributed by atoms with Crippen molar-refractivity contribution in [3.63, 3.8) is 0 Å². The first-order valence-corrected chi connectivity index (χ1v) is 10.0. The number of nitrogens with one attached hydrogen (secondary N) is 1. The number of ether oxygens (including phenoxy) is 1. The lowest BCUT2D eigenvalue weighted by molar-refractivity contribution is -0.00630. The van der Waals surface area contributed by atoms with E-state index < -0.39 is 0 Å². The molecule has 28 heavy (non-hydrogen) atoms. The smallest absolute Gasteiger partial charge is 0.188 e. The fraction of sp³-hybridized carbons (Fsp3) is 0.476. The van der Waals surface area contributed by atoms with Crippen molar-refractivity contribution in [2.24, 2.45) is 22.4 Å². The molecule has 2 fully saturated rings. The van der Waals surface area contributed by atoms with Crippen molar-refractivity contribution in [3.05, 3.63) is 59.4 Å². The van der Waals surface area contributed by atoms with E-state index in [1.807, 2.05) is 19.9 Å². The van der Waals surface area contributed by atoms with Crippen LogP contribution in [-0.2, 0) is 4.74 Å². The van der Waals surface area contributed by atoms with Crippen LogP contribution >= 0.6 is 11.6 Å². The summed E-state index contributed by atoms with van der Waals surface area (Å²) in [7, 11) is 0. The number of nitrogens with two attached hydrogens (primary N) is 2. The maximum Gasteiger partial charge on any atom is 0.188 e. The van der Waals surface area contributed by atoms with E-state index in [-0.39, 0.29) is 11.3 Å². The molecule has 0 unspecified atom stereocenters. The van der Waals surface area contributed by atoms with Crippen molar-refractivity contribution < 1.29 is 4.74 Å². The average Bonchev–Trinajstić information content (AvgIpc) is 2.64. The second kappa shape index (κ2) is 10.4. The summed E-state index contributed by atoms with van der Waals surface area (Å²) in [5.41, 5.74) is 14.6. The Kier molecular flexibility index (Phi) is 8.20. The average molecular weight is 406 g/mol. The maximum absolute atomic E-state index is 6.30. The summed E-state index contributed by atoms with van der Waals surface area (Å²) < 4.78 is 6.03. The Bertz CT molecular complexity index is 706. The van der Waals surface area contributed by atoms with Crippen molar-refractivity contribution in [2.45, 2.75) is 32.8 Å². The number of aliphatic imine (C=N–C) groups is 1. The highest BCUT2D eigenvalue weighted by Crippen LogP contribution is 2.28. The minimum atomic E-state index is 0.00354. The molecular weight excluding hydrogens is 374 g/mol. The van der Waals surface area contributed by atoms with Crippen LogP contribution in [0, 0.1) is 5.92 Å². The van der Waals surface area contributed by atoms with Gasteiger partial charge >= 0.3 is 0 Å². The van der Waals surface area contributed by atoms with Crippen LogP contribution in [0.3, 0.4) is 0 Å². The number of hydrogen-bond donors (Lipinski definition) is 3. The number of halogens is 1. The number of allylic oxidation sites excluding steroid dienone is 5. The molecule has 0 spiro atoms. The fourth-order valence-electron chi connectivity index (χ4n) is 3.38. The van der Waals surface area contributed by atoms with Crippen molar-refractivity contribution in [1.29, 1.82) is 0 Å². The largest absolute Gasteiger partial charge is 0.472 e. The van der Waals surface area contributed by atoms with Crippen molar-refractivity contribution in [3.8, 4) is 0 Å². The first-order chi connectivity index (χ1) is 13.3. The molecule has 7 heteroatoms. The van der Waals surface area contributed by atoms with Crippen LogP contribution in [0.5, 0.6) is 0 Å². The van der Waals surface area contributed by atoms with Gasteiger partial charge in [0.1, 0.15) is 11.9 Å². The van der Waals surface area contributed by atoms with E-state index >= 15 is 0 Å². The minimum absolute atomic E-state index is 0.00354. The topological polar surface area (TPSA) is 88.9 Å². The predicted octanol–water partition coefficient (Wildman–Crippen LogP) is 2.96. The van der Waals surface area contributed by atoms with Crippen LogP contribution < -0.4 is 16.8 Å². The molecular formula is C21H32ClN5O. The zero-order valence-electron chi connectivity index (χ0n) is 16.9. The molecule has 2 aliphatic rings. The second-order valence-corrected chi connectivity index (χ2v) is 7.58. The first-order valence-electron chi connectivity index (χ1n) is 9.63. The van der Waals surface area contributed by atoms with E-state index in [9.17, 15) is 0 Å². The zero-order chi connectivity index (χ0) is 20.7. The molecule has 0 aliphatic carbocycles. The number of piperidine rings is 1. The van der Waals surface area contributed by atoms with E-state index in [0.29, 0.717) is 24.9 Å². The van der Waals surface area contributed by atoms with Gasteiger partial charge in [-0.3, -0.25) is 0 Å². The highest BCUT2D eigenvalue weighted by Gasteiger charge is 2.31. The van der Waals surface area contributed by atoms with Gasteiger partial charge in [0, 0.05) is 5.57 Å². The van der Waals surface area contributed by atoms with E-state index in [1.54, 1.807) is 12.2 Å². The lowest BCUT2D eigenvalue weighted by Gasteiger charge is -2.41. The maximum atomic E-state index is 6.30. The Morgan fingerprint density at radius 3 is 2.43 bits per heavy atom. The molecule has 2 aliphatic heterocycles. The number of hydrogen-bond acceptors (Lipinski definition) is 6. The third-order valence-corrected chi connectivity index (χ3v) is 5.06. The number of likely N-dealkylation sites (tertiary alicyclic amines) is 1. The van der Waals surface area contributed by atoms with Crippen molar-refractivity contribution in [1.82, 2.24) is 10.2 Å². The van der Waals surface area contributed by atoms with Gasteiger partial charge in [0.25, 0.3) is 0 Å². The van der Waals surface area contributed by atoms with Crippen LogP contribution in [0.25, 0.3) is 0 Å². The molecule has 154 valence electrons. The van der Waals surface area contributed by atoms with Gasteiger partial charge in [0.15, 0.2) is 5.88 Å². The number of nitrogens with zero attached hydrogens (tertiary/aromatic N) is 2. The second-order valence-electron chi connectivity index (χ2n) is 7.15. The van der Waals surface area contributed by atoms with E-state index in [0.717, 1.165) is 48.6 Å². The third kappa shape index (κ3) is 5.91. The highest BCUT2D eigenvalue weighted by molar-refractivity contribution is 6.29. The summed E-state index contributed by atoms with van der Waals surface area (Å²) >= 11 is 5.92. The molecule has 6 nitrogen and oxygen atoms in total. The third-order valence-electron chi connectivity index (χ3n) is 4.95. The van der Waals surface area contributed by atoms with Gasteiger partial charge in [-0.15, -0.1) is 0 Å². The summed E-state index contributed by atoms with van der Waals surface area (Å²) in [5.74, 6) is 1.60. The van der Waals surface area contributed by atoms with Crippen LogP contribution in [0.1, 0.15) is 26.7 Å². The Hall–Kier alpha value is -2.18. The zero-order valence-corrected chi connectivity index (χ0v) is 17.6. The van der Waals surface area contributed by atoms with E-state index in [2.05, 4.69) is 28.4 Å². The summed E-state index contributed by atoms with van der Waals surface area (Å²) in [5, 5.41) is 3.57. The minimum Gasteiger partial charge on any atom is -0.472 e. The molecule has 2 saturated heterocycles. The van der Waals surface area contributed by atoms with Crippen LogP contribution in [-0.4, -0.2) is 42.9 Å². The Balaban J connectivity index is 2.04. The summed E-state index contributed by atoms with van der Waals surface area (Å²) in [6.45, 7) is 14.9. The molecule has 0 atom stereocenters. The molecule has 0 aromatic carbocycles. The van der Waals surface area contributed by atoms with Crippen molar-refractivity contribution in [2.75, 3.05) is 26.2 Å². The summed E-state index contributed by atoms with van der Waals surface area (Å²) in [6.07, 6.45) is 7.39. The molecule has 0 amide bonds. The molecule has 0 bridgehead atoms. The molecule has 0 radical (unpaired) electrons. The molecule has 2 rings (SSSR count). The van der Waals surface area contributed by atoms with Gasteiger partial charge in [0.2, 0.25) is 0 Å². The van der Waals surface area contributed by atoms with Gasteiger partial charge in [-0.1, -0.05) is 24.8 Å². The Morgan fingerprint density at radius 2 is 1.93 bits per heavy atom. The van der Waals surface area contributed by atoms with Crippen LogP contribution in [0.2, 0.25) is 0 Å². The normalized spacial score (nSPS) is 21.1. The quantitative estimate of drug-likeness (QED) is 0.250. The predicted molar refractivity (Wildman–Crippen MR) is 118 cm³/mol. The summed E-state index contributed by atoms with van der Waals surface area (Å²) in [6, 6.07) is 0. The van der Waals surface area contributed by atoms with Crippen LogP contribution in [0.4, 0.5) is 0 Å². The highest BCUT2D eigenvalue weighted by atomic mass is 35.5. The molecule has 5 N–H and O–H groups in total. The standard InChI is InChI=1S/C21H32ClN5O/c1-5-18(14(3)4)26-20(6-2)27-12-16(13-27)28-21(24)17(11-19(22)23)15-7-9-25-10-8-15/h5-6,11,15-16,25H,1,3,7-10,12-13,23-24H2,2,4H3/b19-11?,20-6+,21-17-,26-18-. The molecule has 0 saturated carbocycles. The molecule has 0 aromatic heterocycles. The van der Waals surface area contributed by atoms with Gasteiger partial charge in [-0.25, -0.2) is 4.99 Å². The monoisotopic (exact) mass is 405 g/mol. The fourth-order valence-corrected chi connectivity index (χ4v) is 3.49. The SMILES string of the molecule is C=C/C(=N/C(=C\C)N1CC(O/C(N)=C(/C=C(N)Cl)C2CCNCC2)C1)C(=C)C. The lowest BCUT2D eigenvalue weighted by Crippen LogP contribution is -2.51. The first kappa shape index (κ1) is 22.1. The van der Waals surface area contributed by atoms with Gasteiger partial charge in [-0.2, -0.15) is 0 Å². The molecule has 0 aromatic rings. The van der Waals surface area contributed by atoms with Gasteiger partial charge in [-0.05, 0) is 69.5 Å². The Labute approximate surface area is 173 Å². The van der Waals surface area contributed by atoms with Crippen molar-refractivity contribution >= 4 is 17.3 Å². The molecule has 2 heterocycles.